The van der Waals surface area contributed by atoms with Gasteiger partial charge in [-0.3, -0.25) is 9.59 Å². The number of allylic oxidation sites excluding steroid dienone is 4. The van der Waals surface area contributed by atoms with Crippen LogP contribution >= 0.6 is 0 Å². The van der Waals surface area contributed by atoms with Crippen LogP contribution < -0.4 is 5.73 Å². The molecule has 3 nitrogen and oxygen atoms in total. The third-order valence-electron chi connectivity index (χ3n) is 9.74. The Morgan fingerprint density at radius 1 is 0.432 bits per heavy atom. The predicted molar refractivity (Wildman–Crippen MR) is 195 cm³/mol. The average molecular weight is 616 g/mol. The highest BCUT2D eigenvalue weighted by atomic mass is 16.2. The summed E-state index contributed by atoms with van der Waals surface area (Å²) in [5.41, 5.74) is 4.54. The van der Waals surface area contributed by atoms with Crippen molar-refractivity contribution in [1.82, 2.24) is 0 Å². The van der Waals surface area contributed by atoms with E-state index in [-0.39, 0.29) is 11.6 Å². The molecule has 0 bridgehead atoms. The van der Waals surface area contributed by atoms with Crippen LogP contribution in [-0.4, -0.2) is 17.1 Å². The highest BCUT2D eigenvalue weighted by molar-refractivity contribution is 6.08. The Hall–Kier alpha value is -1.22. The molecular formula is C41H77NO2. The summed E-state index contributed by atoms with van der Waals surface area (Å²) in [7, 11) is 0. The van der Waals surface area contributed by atoms with Crippen molar-refractivity contribution in [3.8, 4) is 0 Å². The van der Waals surface area contributed by atoms with Gasteiger partial charge in [0.2, 0.25) is 0 Å². The molecule has 0 amide bonds. The molecule has 0 atom stereocenters. The van der Waals surface area contributed by atoms with Crippen LogP contribution in [0.25, 0.3) is 0 Å². The highest BCUT2D eigenvalue weighted by Gasteiger charge is 2.49. The second kappa shape index (κ2) is 29.2. The fraction of sp³-hybridized carbons (Fsp3) is 0.854. The second-order valence-corrected chi connectivity index (χ2v) is 14.4. The standard InChI is InChI=1S/C41H77NO2/c1-6-8-10-12-14-16-18-20-22-24-26-28-30-32-34-36-38(43)41(5,40(3,4)42)39(44)37-35-33-31-29-27-25-23-21-19-17-15-13-11-9-7-2/h20-23H,6-19,24-37,42H2,1-5H3/b22-20-,23-21-. The molecule has 0 aliphatic carbocycles. The van der Waals surface area contributed by atoms with Gasteiger partial charge in [0.25, 0.3) is 0 Å². The zero-order valence-electron chi connectivity index (χ0n) is 30.5. The number of carbonyl (C=O) groups is 2. The van der Waals surface area contributed by atoms with Crippen LogP contribution in [0.5, 0.6) is 0 Å². The number of carbonyl (C=O) groups excluding carboxylic acids is 2. The fourth-order valence-corrected chi connectivity index (χ4v) is 6.09. The summed E-state index contributed by atoms with van der Waals surface area (Å²) in [6.07, 6.45) is 42.5. The van der Waals surface area contributed by atoms with Gasteiger partial charge in [-0.25, -0.2) is 0 Å². The van der Waals surface area contributed by atoms with Gasteiger partial charge in [0, 0.05) is 18.4 Å². The Bertz CT molecular complexity index is 677. The summed E-state index contributed by atoms with van der Waals surface area (Å²) in [4.78, 5) is 26.7. The van der Waals surface area contributed by atoms with E-state index in [1.54, 1.807) is 0 Å². The predicted octanol–water partition coefficient (Wildman–Crippen LogP) is 12.9. The molecule has 3 heteroatoms. The molecular weight excluding hydrogens is 538 g/mol. The maximum absolute atomic E-state index is 13.3. The summed E-state index contributed by atoms with van der Waals surface area (Å²) in [6.45, 7) is 10.0. The van der Waals surface area contributed by atoms with Crippen LogP contribution in [0.2, 0.25) is 0 Å². The maximum Gasteiger partial charge on any atom is 0.147 e. The smallest absolute Gasteiger partial charge is 0.147 e. The monoisotopic (exact) mass is 616 g/mol. The summed E-state index contributed by atoms with van der Waals surface area (Å²) < 4.78 is 0. The molecule has 0 radical (unpaired) electrons. The Morgan fingerprint density at radius 3 is 0.955 bits per heavy atom. The lowest BCUT2D eigenvalue weighted by Crippen LogP contribution is -2.58. The van der Waals surface area contributed by atoms with Crippen LogP contribution in [0.3, 0.4) is 0 Å². The van der Waals surface area contributed by atoms with E-state index < -0.39 is 11.0 Å². The normalized spacial score (nSPS) is 12.6. The van der Waals surface area contributed by atoms with Gasteiger partial charge in [0.1, 0.15) is 17.0 Å². The average Bonchev–Trinajstić information content (AvgIpc) is 2.99. The van der Waals surface area contributed by atoms with Crippen LogP contribution in [0.1, 0.15) is 214 Å². The number of hydrogen-bond donors (Lipinski definition) is 1. The Morgan fingerprint density at radius 2 is 0.682 bits per heavy atom. The molecule has 0 aromatic carbocycles. The summed E-state index contributed by atoms with van der Waals surface area (Å²) in [5, 5.41) is 0. The van der Waals surface area contributed by atoms with E-state index in [1.807, 2.05) is 20.8 Å². The fourth-order valence-electron chi connectivity index (χ4n) is 6.09. The van der Waals surface area contributed by atoms with E-state index in [1.165, 1.54) is 128 Å². The first-order valence-corrected chi connectivity index (χ1v) is 19.4. The molecule has 0 aliphatic rings. The molecule has 0 aliphatic heterocycles. The molecule has 2 N–H and O–H groups in total. The molecule has 0 heterocycles. The molecule has 0 aromatic heterocycles. The van der Waals surface area contributed by atoms with Crippen molar-refractivity contribution in [3.05, 3.63) is 24.3 Å². The minimum absolute atomic E-state index is 0.0420. The number of Topliss-reactive ketones (excluding diaryl/α,β-unsaturated/α-hetero) is 2. The number of ketones is 2. The molecule has 0 saturated carbocycles. The molecule has 0 rings (SSSR count). The van der Waals surface area contributed by atoms with E-state index in [0.717, 1.165) is 38.5 Å². The minimum Gasteiger partial charge on any atom is -0.324 e. The molecule has 0 unspecified atom stereocenters. The lowest BCUT2D eigenvalue weighted by atomic mass is 9.65. The van der Waals surface area contributed by atoms with E-state index in [4.69, 9.17) is 5.73 Å². The van der Waals surface area contributed by atoms with E-state index in [2.05, 4.69) is 38.2 Å². The first-order chi connectivity index (χ1) is 21.2. The van der Waals surface area contributed by atoms with Gasteiger partial charge in [-0.05, 0) is 85.0 Å². The van der Waals surface area contributed by atoms with Crippen LogP contribution in [0.15, 0.2) is 24.3 Å². The number of unbranched alkanes of at least 4 members (excludes halogenated alkanes) is 22. The lowest BCUT2D eigenvalue weighted by molar-refractivity contribution is -0.143. The van der Waals surface area contributed by atoms with Gasteiger partial charge in [-0.2, -0.15) is 0 Å². The number of hydrogen-bond acceptors (Lipinski definition) is 3. The first kappa shape index (κ1) is 42.8. The van der Waals surface area contributed by atoms with Gasteiger partial charge in [-0.1, -0.05) is 141 Å². The van der Waals surface area contributed by atoms with Gasteiger partial charge in [-0.15, -0.1) is 0 Å². The van der Waals surface area contributed by atoms with Crippen LogP contribution in [-0.2, 0) is 9.59 Å². The quantitative estimate of drug-likeness (QED) is 0.0454. The van der Waals surface area contributed by atoms with Gasteiger partial charge in [0.05, 0.1) is 0 Å². The van der Waals surface area contributed by atoms with Crippen molar-refractivity contribution in [2.75, 3.05) is 0 Å². The SMILES string of the molecule is CCCCCCCC/C=C\CCCCCCCC(=O)C(C)(C(=O)CCCCCCC/C=C\CCCCCCCC)C(C)(C)N. The van der Waals surface area contributed by atoms with Gasteiger partial charge < -0.3 is 5.73 Å². The van der Waals surface area contributed by atoms with Crippen molar-refractivity contribution in [1.29, 1.82) is 0 Å². The summed E-state index contributed by atoms with van der Waals surface area (Å²) in [5.74, 6) is 0.0840. The third-order valence-corrected chi connectivity index (χ3v) is 9.74. The van der Waals surface area contributed by atoms with Gasteiger partial charge in [0.15, 0.2) is 0 Å². The Kier molecular flexibility index (Phi) is 28.4. The van der Waals surface area contributed by atoms with E-state index >= 15 is 0 Å². The van der Waals surface area contributed by atoms with E-state index in [9.17, 15) is 9.59 Å². The highest BCUT2D eigenvalue weighted by Crippen LogP contribution is 2.35. The van der Waals surface area contributed by atoms with Crippen LogP contribution in [0, 0.1) is 5.41 Å². The van der Waals surface area contributed by atoms with E-state index in [0.29, 0.717) is 12.8 Å². The maximum atomic E-state index is 13.3. The first-order valence-electron chi connectivity index (χ1n) is 19.4. The molecule has 0 spiro atoms. The summed E-state index contributed by atoms with van der Waals surface area (Å²) >= 11 is 0. The van der Waals surface area contributed by atoms with Crippen molar-refractivity contribution < 1.29 is 9.59 Å². The van der Waals surface area contributed by atoms with Crippen molar-refractivity contribution in [2.24, 2.45) is 11.1 Å². The summed E-state index contributed by atoms with van der Waals surface area (Å²) in [6, 6.07) is 0. The lowest BCUT2D eigenvalue weighted by Gasteiger charge is -2.39. The topological polar surface area (TPSA) is 60.2 Å². The van der Waals surface area contributed by atoms with Crippen molar-refractivity contribution in [3.63, 3.8) is 0 Å². The molecule has 0 saturated heterocycles. The molecule has 0 fully saturated rings. The number of nitrogens with two attached hydrogens (primary N) is 1. The largest absolute Gasteiger partial charge is 0.324 e. The third kappa shape index (κ3) is 22.3. The zero-order valence-corrected chi connectivity index (χ0v) is 30.5. The molecule has 0 aromatic rings. The molecule has 44 heavy (non-hydrogen) atoms. The minimum atomic E-state index is -1.09. The zero-order chi connectivity index (χ0) is 32.8. The van der Waals surface area contributed by atoms with Crippen LogP contribution in [0.4, 0.5) is 0 Å². The number of rotatable bonds is 33. The van der Waals surface area contributed by atoms with Crippen molar-refractivity contribution >= 4 is 11.6 Å². The van der Waals surface area contributed by atoms with Gasteiger partial charge >= 0.3 is 0 Å². The Labute approximate surface area is 276 Å². The molecule has 258 valence electrons. The van der Waals surface area contributed by atoms with Crippen molar-refractivity contribution in [2.45, 2.75) is 220 Å². The second-order valence-electron chi connectivity index (χ2n) is 14.4. The Balaban J connectivity index is 4.04.